The molecule has 4 rings (SSSR count). The van der Waals surface area contributed by atoms with E-state index in [9.17, 15) is 4.79 Å². The maximum Gasteiger partial charge on any atom is 0.252 e. The molecular weight excluding hydrogens is 320 g/mol. The van der Waals surface area contributed by atoms with Crippen LogP contribution >= 0.6 is 0 Å². The Morgan fingerprint density at radius 2 is 2.28 bits per heavy atom. The molecule has 1 amide bonds. The van der Waals surface area contributed by atoms with Crippen LogP contribution in [0.25, 0.3) is 0 Å². The Morgan fingerprint density at radius 3 is 3.08 bits per heavy atom. The lowest BCUT2D eigenvalue weighted by Gasteiger charge is -2.39. The number of nitrogens with one attached hydrogen (secondary N) is 1. The van der Waals surface area contributed by atoms with Gasteiger partial charge < -0.3 is 14.5 Å². The molecule has 2 aromatic rings. The van der Waals surface area contributed by atoms with E-state index in [-0.39, 0.29) is 12.0 Å². The second kappa shape index (κ2) is 7.33. The lowest BCUT2D eigenvalue weighted by molar-refractivity contribution is -0.0757. The molecule has 7 heteroatoms. The molecule has 25 heavy (non-hydrogen) atoms. The first-order valence-corrected chi connectivity index (χ1v) is 8.73. The van der Waals surface area contributed by atoms with Crippen LogP contribution in [-0.4, -0.2) is 52.8 Å². The van der Waals surface area contributed by atoms with Gasteiger partial charge in [0.15, 0.2) is 0 Å². The van der Waals surface area contributed by atoms with Gasteiger partial charge in [0.25, 0.3) is 5.91 Å². The van der Waals surface area contributed by atoms with Gasteiger partial charge in [-0.1, -0.05) is 0 Å². The number of carbonyl (C=O) groups excluding carboxylic acids is 1. The maximum absolute atomic E-state index is 12.2. The molecule has 2 aliphatic rings. The number of rotatable bonds is 5. The lowest BCUT2D eigenvalue weighted by atomic mass is 10.0. The smallest absolute Gasteiger partial charge is 0.252 e. The highest BCUT2D eigenvalue weighted by atomic mass is 16.5. The van der Waals surface area contributed by atoms with Crippen molar-refractivity contribution in [3.63, 3.8) is 0 Å². The number of hydrogen-bond acceptors (Lipinski definition) is 6. The average molecular weight is 342 g/mol. The van der Waals surface area contributed by atoms with Gasteiger partial charge in [0.1, 0.15) is 0 Å². The van der Waals surface area contributed by atoms with Gasteiger partial charge in [-0.25, -0.2) is 0 Å². The van der Waals surface area contributed by atoms with Gasteiger partial charge in [0.2, 0.25) is 0 Å². The Kier molecular flexibility index (Phi) is 4.76. The van der Waals surface area contributed by atoms with Gasteiger partial charge >= 0.3 is 0 Å². The predicted molar refractivity (Wildman–Crippen MR) is 89.7 cm³/mol. The molecule has 1 saturated heterocycles. The molecule has 0 spiro atoms. The van der Waals surface area contributed by atoms with Crippen molar-refractivity contribution in [2.45, 2.75) is 31.5 Å². The van der Waals surface area contributed by atoms with Crippen LogP contribution in [0.4, 0.5) is 0 Å². The van der Waals surface area contributed by atoms with Crippen LogP contribution < -0.4 is 5.32 Å². The highest BCUT2D eigenvalue weighted by Crippen LogP contribution is 2.35. The third-order valence-electron chi connectivity index (χ3n) is 5.17. The van der Waals surface area contributed by atoms with E-state index < -0.39 is 0 Å². The summed E-state index contributed by atoms with van der Waals surface area (Å²) in [7, 11) is 0. The summed E-state index contributed by atoms with van der Waals surface area (Å²) in [5.41, 5.74) is 1.73. The van der Waals surface area contributed by atoms with E-state index in [1.165, 1.54) is 18.0 Å². The quantitative estimate of drug-likeness (QED) is 0.886. The summed E-state index contributed by atoms with van der Waals surface area (Å²) in [5, 5.41) is 10.5. The highest BCUT2D eigenvalue weighted by Gasteiger charge is 2.42. The SMILES string of the molecule is O=C(NC[C@@H]1CC[C@H]2[C@@H]1OCCN2Cc1ccoc1)c1ccnnc1. The maximum atomic E-state index is 12.2. The number of carbonyl (C=O) groups is 1. The second-order valence-electron chi connectivity index (χ2n) is 6.68. The van der Waals surface area contributed by atoms with Crippen LogP contribution in [-0.2, 0) is 11.3 Å². The summed E-state index contributed by atoms with van der Waals surface area (Å²) in [6, 6.07) is 4.09. The predicted octanol–water partition coefficient (Wildman–Crippen LogP) is 1.48. The van der Waals surface area contributed by atoms with Gasteiger partial charge in [0, 0.05) is 37.2 Å². The summed E-state index contributed by atoms with van der Waals surface area (Å²) in [5.74, 6) is 0.236. The fourth-order valence-corrected chi connectivity index (χ4v) is 3.92. The lowest BCUT2D eigenvalue weighted by Crippen LogP contribution is -2.50. The summed E-state index contributed by atoms with van der Waals surface area (Å²) in [4.78, 5) is 14.7. The molecule has 7 nitrogen and oxygen atoms in total. The number of hydrogen-bond donors (Lipinski definition) is 1. The van der Waals surface area contributed by atoms with Crippen LogP contribution in [0.3, 0.4) is 0 Å². The largest absolute Gasteiger partial charge is 0.472 e. The van der Waals surface area contributed by atoms with Gasteiger partial charge in [-0.2, -0.15) is 10.2 Å². The van der Waals surface area contributed by atoms with Crippen LogP contribution in [0.5, 0.6) is 0 Å². The van der Waals surface area contributed by atoms with E-state index in [2.05, 4.69) is 20.4 Å². The van der Waals surface area contributed by atoms with Crippen LogP contribution in [0.2, 0.25) is 0 Å². The molecule has 0 radical (unpaired) electrons. The Labute approximate surface area is 146 Å². The van der Waals surface area contributed by atoms with Crippen molar-refractivity contribution < 1.29 is 13.9 Å². The first-order valence-electron chi connectivity index (χ1n) is 8.73. The molecule has 2 fully saturated rings. The van der Waals surface area contributed by atoms with Gasteiger partial charge in [-0.05, 0) is 25.0 Å². The molecule has 1 saturated carbocycles. The fraction of sp³-hybridized carbons (Fsp3) is 0.500. The van der Waals surface area contributed by atoms with Crippen molar-refractivity contribution in [3.05, 3.63) is 48.2 Å². The number of morpholine rings is 1. The minimum Gasteiger partial charge on any atom is -0.472 e. The number of aromatic nitrogens is 2. The monoisotopic (exact) mass is 342 g/mol. The van der Waals surface area contributed by atoms with Crippen molar-refractivity contribution in [1.82, 2.24) is 20.4 Å². The number of amides is 1. The molecule has 3 atom stereocenters. The molecular formula is C18H22N4O3. The average Bonchev–Trinajstić information content (AvgIpc) is 3.31. The third kappa shape index (κ3) is 3.57. The van der Waals surface area contributed by atoms with Crippen molar-refractivity contribution in [1.29, 1.82) is 0 Å². The Balaban J connectivity index is 1.34. The van der Waals surface area contributed by atoms with Gasteiger partial charge in [0.05, 0.1) is 43.2 Å². The van der Waals surface area contributed by atoms with E-state index >= 15 is 0 Å². The number of nitrogens with zero attached hydrogens (tertiary/aromatic N) is 3. The van der Waals surface area contributed by atoms with Gasteiger partial charge in [-0.3, -0.25) is 9.69 Å². The second-order valence-corrected chi connectivity index (χ2v) is 6.68. The molecule has 1 aliphatic carbocycles. The standard InChI is InChI=1S/C18H22N4O3/c23-18(15-3-5-20-21-10-15)19-9-14-1-2-16-17(14)25-8-6-22(16)11-13-4-7-24-12-13/h3-5,7,10,12,14,16-17H,1-2,6,8-9,11H2,(H,19,23)/t14-,16-,17+/m0/s1. The zero-order chi connectivity index (χ0) is 17.1. The normalized spacial score (nSPS) is 26.3. The van der Waals surface area contributed by atoms with Crippen molar-refractivity contribution in [2.24, 2.45) is 5.92 Å². The van der Waals surface area contributed by atoms with Crippen LogP contribution in [0.1, 0.15) is 28.8 Å². The minimum atomic E-state index is -0.107. The number of fused-ring (bicyclic) bond motifs is 1. The summed E-state index contributed by atoms with van der Waals surface area (Å²) in [6.45, 7) is 3.19. The molecule has 0 aromatic carbocycles. The summed E-state index contributed by atoms with van der Waals surface area (Å²) < 4.78 is 11.2. The van der Waals surface area contributed by atoms with E-state index in [0.717, 1.165) is 32.5 Å². The van der Waals surface area contributed by atoms with E-state index in [4.69, 9.17) is 9.15 Å². The number of furan rings is 1. The zero-order valence-electron chi connectivity index (χ0n) is 14.0. The minimum absolute atomic E-state index is 0.107. The first kappa shape index (κ1) is 16.2. The molecule has 0 bridgehead atoms. The highest BCUT2D eigenvalue weighted by molar-refractivity contribution is 5.93. The van der Waals surface area contributed by atoms with Crippen molar-refractivity contribution >= 4 is 5.91 Å². The van der Waals surface area contributed by atoms with Crippen LogP contribution in [0.15, 0.2) is 41.5 Å². The number of ether oxygens (including phenoxy) is 1. The van der Waals surface area contributed by atoms with E-state index in [1.54, 1.807) is 18.6 Å². The molecule has 132 valence electrons. The summed E-state index contributed by atoms with van der Waals surface area (Å²) in [6.07, 6.45) is 8.87. The first-order chi connectivity index (χ1) is 12.3. The molecule has 1 aliphatic heterocycles. The van der Waals surface area contributed by atoms with E-state index in [0.29, 0.717) is 24.1 Å². The molecule has 2 aromatic heterocycles. The van der Waals surface area contributed by atoms with Crippen molar-refractivity contribution in [3.8, 4) is 0 Å². The van der Waals surface area contributed by atoms with Crippen molar-refractivity contribution in [2.75, 3.05) is 19.7 Å². The zero-order valence-corrected chi connectivity index (χ0v) is 14.0. The summed E-state index contributed by atoms with van der Waals surface area (Å²) >= 11 is 0. The van der Waals surface area contributed by atoms with Crippen LogP contribution in [0, 0.1) is 5.92 Å². The molecule has 3 heterocycles. The fourth-order valence-electron chi connectivity index (χ4n) is 3.92. The topological polar surface area (TPSA) is 80.5 Å². The Hall–Kier alpha value is -2.25. The Morgan fingerprint density at radius 1 is 1.32 bits per heavy atom. The van der Waals surface area contributed by atoms with E-state index in [1.807, 2.05) is 6.07 Å². The molecule has 0 unspecified atom stereocenters. The van der Waals surface area contributed by atoms with Gasteiger partial charge in [-0.15, -0.1) is 0 Å². The Bertz CT molecular complexity index is 692. The molecule has 1 N–H and O–H groups in total. The third-order valence-corrected chi connectivity index (χ3v) is 5.17.